The van der Waals surface area contributed by atoms with Crippen LogP contribution in [0.4, 0.5) is 0 Å². The third kappa shape index (κ3) is 9.86. The van der Waals surface area contributed by atoms with Gasteiger partial charge in [0.2, 0.25) is 5.78 Å². The molecule has 11 heteroatoms. The van der Waals surface area contributed by atoms with Crippen molar-refractivity contribution >= 4 is 14.1 Å². The van der Waals surface area contributed by atoms with Gasteiger partial charge in [0.1, 0.15) is 42.6 Å². The Morgan fingerprint density at radius 3 is 1.75 bits per heavy atom. The molecular weight excluding hydrogens is 813 g/mol. The Hall–Kier alpha value is -6.27. The average Bonchev–Trinajstić information content (AvgIpc) is 3.30. The van der Waals surface area contributed by atoms with Crippen molar-refractivity contribution in [3.8, 4) is 40.2 Å². The lowest BCUT2D eigenvalue weighted by atomic mass is 9.92. The number of hydrogen-bond acceptors (Lipinski definition) is 10. The van der Waals surface area contributed by atoms with Crippen LogP contribution in [0.5, 0.6) is 40.2 Å². The molecule has 10 nitrogen and oxygen atoms in total. The molecule has 6 aromatic rings. The number of aliphatic hydroxyl groups excluding tert-OH is 1. The summed E-state index contributed by atoms with van der Waals surface area (Å²) in [4.78, 5) is 14.2. The van der Waals surface area contributed by atoms with Gasteiger partial charge in [0.25, 0.3) is 0 Å². The lowest BCUT2D eigenvalue weighted by Crippen LogP contribution is -2.46. The van der Waals surface area contributed by atoms with Gasteiger partial charge in [-0.05, 0) is 64.7 Å². The number of rotatable bonds is 15. The van der Waals surface area contributed by atoms with Crippen LogP contribution in [0.2, 0.25) is 18.1 Å². The molecule has 0 aliphatic carbocycles. The van der Waals surface area contributed by atoms with Crippen molar-refractivity contribution in [2.75, 3.05) is 13.7 Å². The SMILES string of the molecule is COc1cc(C2Oc3cc([C@H]4Oc5cc(OCc6ccccc6)cc(OCc6ccccc6)c5C(=O)[C@@H]4O)ccc3OC2CO[Si](C)(C)C(C)(C)C)ccc1OCc1ccccc1. The molecule has 0 bridgehead atoms. The van der Waals surface area contributed by atoms with Crippen molar-refractivity contribution in [1.29, 1.82) is 0 Å². The van der Waals surface area contributed by atoms with E-state index in [-0.39, 0.29) is 41.9 Å². The third-order valence-electron chi connectivity index (χ3n) is 11.9. The molecule has 0 saturated carbocycles. The van der Waals surface area contributed by atoms with E-state index in [9.17, 15) is 9.90 Å². The zero-order valence-electron chi connectivity index (χ0n) is 36.5. The van der Waals surface area contributed by atoms with Gasteiger partial charge in [-0.15, -0.1) is 0 Å². The Morgan fingerprint density at radius 1 is 0.587 bits per heavy atom. The molecule has 63 heavy (non-hydrogen) atoms. The molecule has 0 amide bonds. The summed E-state index contributed by atoms with van der Waals surface area (Å²) in [5, 5.41) is 11.7. The fraction of sp³-hybridized carbons (Fsp3) is 0.288. The van der Waals surface area contributed by atoms with Gasteiger partial charge in [-0.2, -0.15) is 0 Å². The fourth-order valence-corrected chi connectivity index (χ4v) is 8.28. The van der Waals surface area contributed by atoms with Crippen molar-refractivity contribution in [2.24, 2.45) is 0 Å². The van der Waals surface area contributed by atoms with E-state index in [1.54, 1.807) is 37.4 Å². The molecule has 0 fully saturated rings. The Morgan fingerprint density at radius 2 is 1.14 bits per heavy atom. The lowest BCUT2D eigenvalue weighted by molar-refractivity contribution is -0.0101. The first-order valence-electron chi connectivity index (χ1n) is 21.2. The molecule has 1 N–H and O–H groups in total. The Kier molecular flexibility index (Phi) is 12.8. The smallest absolute Gasteiger partial charge is 0.202 e. The first-order chi connectivity index (χ1) is 30.4. The van der Waals surface area contributed by atoms with E-state index in [0.29, 0.717) is 40.9 Å². The predicted molar refractivity (Wildman–Crippen MR) is 243 cm³/mol. The van der Waals surface area contributed by atoms with Crippen molar-refractivity contribution in [3.05, 3.63) is 173 Å². The maximum atomic E-state index is 14.2. The minimum Gasteiger partial charge on any atom is -0.493 e. The number of Topliss-reactive ketones (excluding diaryl/α,β-unsaturated/α-hetero) is 1. The summed E-state index contributed by atoms with van der Waals surface area (Å²) >= 11 is 0. The topological polar surface area (TPSA) is 111 Å². The van der Waals surface area contributed by atoms with Gasteiger partial charge in [-0.3, -0.25) is 4.79 Å². The lowest BCUT2D eigenvalue weighted by Gasteiger charge is -2.40. The van der Waals surface area contributed by atoms with Crippen LogP contribution in [0.1, 0.15) is 71.2 Å². The van der Waals surface area contributed by atoms with Gasteiger partial charge in [0.05, 0.1) is 13.7 Å². The van der Waals surface area contributed by atoms with Crippen LogP contribution >= 0.6 is 0 Å². The molecule has 2 aliphatic heterocycles. The van der Waals surface area contributed by atoms with Gasteiger partial charge in [0.15, 0.2) is 55.7 Å². The Balaban J connectivity index is 1.09. The zero-order valence-corrected chi connectivity index (χ0v) is 37.5. The number of benzene rings is 6. The number of carbonyl (C=O) groups excluding carboxylic acids is 1. The number of fused-ring (bicyclic) bond motifs is 2. The van der Waals surface area contributed by atoms with Gasteiger partial charge in [-0.1, -0.05) is 124 Å². The highest BCUT2D eigenvalue weighted by Crippen LogP contribution is 2.47. The molecule has 0 spiro atoms. The normalized spacial score (nSPS) is 18.2. The minimum atomic E-state index is -2.18. The van der Waals surface area contributed by atoms with Crippen molar-refractivity contribution in [3.63, 3.8) is 0 Å². The van der Waals surface area contributed by atoms with E-state index in [0.717, 1.165) is 22.3 Å². The molecule has 8 rings (SSSR count). The van der Waals surface area contributed by atoms with E-state index in [4.69, 9.17) is 37.6 Å². The average molecular weight is 867 g/mol. The fourth-order valence-electron chi connectivity index (χ4n) is 7.27. The number of hydrogen-bond donors (Lipinski definition) is 1. The predicted octanol–water partition coefficient (Wildman–Crippen LogP) is 11.0. The van der Waals surface area contributed by atoms with Gasteiger partial charge < -0.3 is 42.7 Å². The molecule has 4 atom stereocenters. The summed E-state index contributed by atoms with van der Waals surface area (Å²) in [5.74, 6) is 2.47. The number of ether oxygens (including phenoxy) is 7. The van der Waals surface area contributed by atoms with Crippen LogP contribution in [0.25, 0.3) is 0 Å². The van der Waals surface area contributed by atoms with E-state index in [2.05, 4.69) is 33.9 Å². The minimum absolute atomic E-state index is 0.0216. The second-order valence-electron chi connectivity index (χ2n) is 17.3. The first-order valence-corrected chi connectivity index (χ1v) is 24.1. The van der Waals surface area contributed by atoms with Gasteiger partial charge >= 0.3 is 0 Å². The quantitative estimate of drug-likeness (QED) is 0.100. The first kappa shape index (κ1) is 43.4. The molecule has 2 aliphatic rings. The van der Waals surface area contributed by atoms with Crippen LogP contribution in [-0.4, -0.2) is 45.1 Å². The maximum absolute atomic E-state index is 14.2. The van der Waals surface area contributed by atoms with E-state index < -0.39 is 38.5 Å². The Labute approximate surface area is 370 Å². The molecule has 0 saturated heterocycles. The molecule has 0 radical (unpaired) electrons. The van der Waals surface area contributed by atoms with Crippen molar-refractivity contribution in [2.45, 2.75) is 83.1 Å². The summed E-state index contributed by atoms with van der Waals surface area (Å²) in [5.41, 5.74) is 4.38. The summed E-state index contributed by atoms with van der Waals surface area (Å²) in [6, 6.07) is 43.8. The Bertz CT molecular complexity index is 2510. The third-order valence-corrected chi connectivity index (χ3v) is 16.4. The number of ketones is 1. The van der Waals surface area contributed by atoms with Crippen LogP contribution in [0.3, 0.4) is 0 Å². The van der Waals surface area contributed by atoms with Crippen molar-refractivity contribution < 1.29 is 47.5 Å². The summed E-state index contributed by atoms with van der Waals surface area (Å²) in [7, 11) is -0.575. The largest absolute Gasteiger partial charge is 0.493 e. The number of methoxy groups -OCH3 is 1. The van der Waals surface area contributed by atoms with Gasteiger partial charge in [-0.25, -0.2) is 0 Å². The summed E-state index contributed by atoms with van der Waals surface area (Å²) < 4.78 is 51.3. The van der Waals surface area contributed by atoms with E-state index in [1.165, 1.54) is 0 Å². The molecule has 2 unspecified atom stereocenters. The van der Waals surface area contributed by atoms with Gasteiger partial charge in [0, 0.05) is 17.7 Å². The molecule has 326 valence electrons. The maximum Gasteiger partial charge on any atom is 0.202 e. The monoisotopic (exact) mass is 866 g/mol. The molecular formula is C52H54O10Si. The summed E-state index contributed by atoms with van der Waals surface area (Å²) in [6.07, 6.45) is -3.77. The van der Waals surface area contributed by atoms with Crippen LogP contribution in [0, 0.1) is 0 Å². The standard InChI is InChI=1S/C52H54O10Si/c1-52(2,3)63(5,6)59-33-46-50(37-22-24-40(42(26-37)55-4)57-31-35-18-12-8-13-19-35)61-43-27-38(23-25-41(43)60-46)51-49(54)48(53)47-44(58-32-36-20-14-9-15-21-36)28-39(29-45(47)62-51)56-30-34-16-10-7-11-17-34/h7-29,46,49-51,54H,30-33H2,1-6H3/t46?,49-,50?,51+/m0/s1. The second kappa shape index (κ2) is 18.6. The van der Waals surface area contributed by atoms with Crippen molar-refractivity contribution in [1.82, 2.24) is 0 Å². The molecule has 6 aromatic carbocycles. The van der Waals surface area contributed by atoms with Crippen LogP contribution in [-0.2, 0) is 24.2 Å². The number of carbonyl (C=O) groups is 1. The number of aliphatic hydroxyl groups is 1. The molecule has 0 aromatic heterocycles. The summed E-state index contributed by atoms with van der Waals surface area (Å²) in [6.45, 7) is 12.2. The van der Waals surface area contributed by atoms with Crippen LogP contribution < -0.4 is 33.2 Å². The molecule has 2 heterocycles. The van der Waals surface area contributed by atoms with E-state index in [1.807, 2.05) is 109 Å². The van der Waals surface area contributed by atoms with E-state index >= 15 is 0 Å². The highest BCUT2D eigenvalue weighted by molar-refractivity contribution is 6.74. The highest BCUT2D eigenvalue weighted by Gasteiger charge is 2.43. The van der Waals surface area contributed by atoms with Crippen LogP contribution in [0.15, 0.2) is 140 Å². The second-order valence-corrected chi connectivity index (χ2v) is 22.2. The zero-order chi connectivity index (χ0) is 44.1. The highest BCUT2D eigenvalue weighted by atomic mass is 28.4.